The highest BCUT2D eigenvalue weighted by molar-refractivity contribution is 6.29. The molecule has 0 saturated carbocycles. The summed E-state index contributed by atoms with van der Waals surface area (Å²) in [4.78, 5) is 4.78. The smallest absolute Gasteiger partial charge is 0.0547 e. The van der Waals surface area contributed by atoms with Gasteiger partial charge in [0.05, 0.1) is 11.0 Å². The Balaban J connectivity index is 1.04. The van der Waals surface area contributed by atoms with E-state index in [2.05, 4.69) is 324 Å². The average Bonchev–Trinajstić information content (AvgIpc) is 3.90. The third-order valence-electron chi connectivity index (χ3n) is 15.1. The van der Waals surface area contributed by atoms with Crippen LogP contribution in [0.2, 0.25) is 0 Å². The molecule has 0 saturated heterocycles. The van der Waals surface area contributed by atoms with E-state index >= 15 is 0 Å². The van der Waals surface area contributed by atoms with Gasteiger partial charge in [-0.1, -0.05) is 206 Å². The molecule has 362 valence electrons. The topological polar surface area (TPSA) is 11.4 Å². The van der Waals surface area contributed by atoms with Crippen molar-refractivity contribution in [2.24, 2.45) is 0 Å². The fourth-order valence-corrected chi connectivity index (χ4v) is 11.4. The van der Waals surface area contributed by atoms with Gasteiger partial charge in [0.1, 0.15) is 0 Å². The Bertz CT molecular complexity index is 4100. The zero-order valence-corrected chi connectivity index (χ0v) is 42.3. The SMILES string of the molecule is c1ccc(-c2ccc(N(c3ccccc3)c3ccc4ccc5c(c4c3)c3c4cc(N(c6ccccc6)c6ccc(-c7ccccc7)cc6)ccc4ccc3n5-c3cc(-c4ccccc4)cc(-c4ccccc4)c3)cc2)cc1. The number of hydrogen-bond donors (Lipinski definition) is 0. The molecule has 0 radical (unpaired) electrons. The highest BCUT2D eigenvalue weighted by Crippen LogP contribution is 2.46. The van der Waals surface area contributed by atoms with E-state index in [4.69, 9.17) is 0 Å². The fraction of sp³-hybridized carbons (Fsp3) is 0. The van der Waals surface area contributed by atoms with Gasteiger partial charge in [-0.2, -0.15) is 0 Å². The average molecular weight is 982 g/mol. The van der Waals surface area contributed by atoms with Crippen molar-refractivity contribution in [2.75, 3.05) is 9.80 Å². The highest BCUT2D eigenvalue weighted by Gasteiger charge is 2.22. The first-order valence-corrected chi connectivity index (χ1v) is 26.4. The van der Waals surface area contributed by atoms with Gasteiger partial charge < -0.3 is 14.4 Å². The standard InChI is InChI=1S/C74H51N3/c1-7-19-52(20-8-1)56-31-39-64(40-32-56)75(62-27-15-5-16-28-62)66-43-35-58-37-45-71-73(69(58)50-66)74-70-51-67(76(63-29-17-6-18-30-63)65-41-33-57(34-42-65)53-21-9-2-10-22-53)44-36-59(70)38-46-72(74)77(71)68-48-60(54-23-11-3-12-24-54)47-61(49-68)55-25-13-4-14-26-55/h1-51H. The molecule has 0 aliphatic heterocycles. The summed E-state index contributed by atoms with van der Waals surface area (Å²) in [6.45, 7) is 0. The van der Waals surface area contributed by atoms with E-state index < -0.39 is 0 Å². The minimum absolute atomic E-state index is 1.08. The van der Waals surface area contributed by atoms with Gasteiger partial charge in [0.15, 0.2) is 0 Å². The Labute approximate surface area is 449 Å². The summed E-state index contributed by atoms with van der Waals surface area (Å²) in [5, 5.41) is 7.13. The molecule has 14 aromatic rings. The minimum Gasteiger partial charge on any atom is -0.310 e. The van der Waals surface area contributed by atoms with Crippen LogP contribution in [0.4, 0.5) is 34.1 Å². The Morgan fingerprint density at radius 1 is 0.208 bits per heavy atom. The van der Waals surface area contributed by atoms with Crippen molar-refractivity contribution in [3.05, 3.63) is 309 Å². The predicted molar refractivity (Wildman–Crippen MR) is 327 cm³/mol. The maximum Gasteiger partial charge on any atom is 0.0547 e. The van der Waals surface area contributed by atoms with E-state index in [1.807, 2.05) is 0 Å². The predicted octanol–water partition coefficient (Wildman–Crippen LogP) is 20.7. The van der Waals surface area contributed by atoms with Crippen LogP contribution in [0.15, 0.2) is 309 Å². The van der Waals surface area contributed by atoms with E-state index in [0.717, 1.165) is 62.0 Å². The summed E-state index contributed by atoms with van der Waals surface area (Å²) < 4.78 is 2.51. The number of hydrogen-bond acceptors (Lipinski definition) is 2. The molecule has 0 aliphatic rings. The van der Waals surface area contributed by atoms with Gasteiger partial charge in [0.2, 0.25) is 0 Å². The van der Waals surface area contributed by atoms with Crippen LogP contribution in [0.5, 0.6) is 0 Å². The lowest BCUT2D eigenvalue weighted by atomic mass is 9.98. The molecule has 0 aliphatic carbocycles. The van der Waals surface area contributed by atoms with Gasteiger partial charge in [-0.3, -0.25) is 0 Å². The summed E-state index contributed by atoms with van der Waals surface area (Å²) >= 11 is 0. The van der Waals surface area contributed by atoms with Gasteiger partial charge in [0.25, 0.3) is 0 Å². The van der Waals surface area contributed by atoms with E-state index in [9.17, 15) is 0 Å². The Kier molecular flexibility index (Phi) is 11.5. The molecule has 0 N–H and O–H groups in total. The van der Waals surface area contributed by atoms with Gasteiger partial charge in [-0.25, -0.2) is 0 Å². The Hall–Kier alpha value is -10.2. The second kappa shape index (κ2) is 19.6. The van der Waals surface area contributed by atoms with Crippen LogP contribution in [-0.4, -0.2) is 4.57 Å². The van der Waals surface area contributed by atoms with E-state index in [-0.39, 0.29) is 0 Å². The van der Waals surface area contributed by atoms with Crippen LogP contribution in [0.1, 0.15) is 0 Å². The van der Waals surface area contributed by atoms with E-state index in [1.54, 1.807) is 0 Å². The van der Waals surface area contributed by atoms with Gasteiger partial charge in [-0.15, -0.1) is 0 Å². The van der Waals surface area contributed by atoms with Crippen molar-refractivity contribution in [1.29, 1.82) is 0 Å². The largest absolute Gasteiger partial charge is 0.310 e. The van der Waals surface area contributed by atoms with E-state index in [0.29, 0.717) is 0 Å². The first kappa shape index (κ1) is 45.4. The summed E-state index contributed by atoms with van der Waals surface area (Å²) in [6.07, 6.45) is 0. The zero-order valence-electron chi connectivity index (χ0n) is 42.3. The molecule has 0 spiro atoms. The first-order valence-electron chi connectivity index (χ1n) is 26.4. The molecular formula is C74H51N3. The molecule has 13 aromatic carbocycles. The molecule has 0 amide bonds. The summed E-state index contributed by atoms with van der Waals surface area (Å²) in [5.74, 6) is 0. The van der Waals surface area contributed by atoms with Crippen molar-refractivity contribution in [2.45, 2.75) is 0 Å². The number of rotatable bonds is 11. The molecule has 77 heavy (non-hydrogen) atoms. The van der Waals surface area contributed by atoms with Crippen LogP contribution in [0.3, 0.4) is 0 Å². The number of para-hydroxylation sites is 2. The lowest BCUT2D eigenvalue weighted by Crippen LogP contribution is -2.09. The second-order valence-corrected chi connectivity index (χ2v) is 19.7. The molecule has 0 bridgehead atoms. The van der Waals surface area contributed by atoms with Crippen LogP contribution < -0.4 is 9.80 Å². The monoisotopic (exact) mass is 981 g/mol. The number of benzene rings is 13. The zero-order chi connectivity index (χ0) is 51.1. The van der Waals surface area contributed by atoms with Crippen molar-refractivity contribution >= 4 is 77.5 Å². The highest BCUT2D eigenvalue weighted by atomic mass is 15.1. The summed E-state index contributed by atoms with van der Waals surface area (Å²) in [5.41, 5.74) is 19.3. The van der Waals surface area contributed by atoms with Crippen LogP contribution in [0.25, 0.3) is 93.5 Å². The number of fused-ring (bicyclic) bond motifs is 7. The second-order valence-electron chi connectivity index (χ2n) is 19.7. The lowest BCUT2D eigenvalue weighted by Gasteiger charge is -2.26. The molecule has 0 fully saturated rings. The molecular weight excluding hydrogens is 931 g/mol. The van der Waals surface area contributed by atoms with Crippen molar-refractivity contribution in [3.8, 4) is 50.2 Å². The van der Waals surface area contributed by atoms with Crippen LogP contribution in [0, 0.1) is 0 Å². The molecule has 0 atom stereocenters. The molecule has 3 heteroatoms. The molecule has 14 rings (SSSR count). The van der Waals surface area contributed by atoms with Crippen LogP contribution in [-0.2, 0) is 0 Å². The number of aromatic nitrogens is 1. The normalized spacial score (nSPS) is 11.4. The fourth-order valence-electron chi connectivity index (χ4n) is 11.4. The Morgan fingerprint density at radius 3 is 0.857 bits per heavy atom. The minimum atomic E-state index is 1.08. The third kappa shape index (κ3) is 8.47. The third-order valence-corrected chi connectivity index (χ3v) is 15.1. The van der Waals surface area contributed by atoms with Gasteiger partial charge in [0, 0.05) is 50.6 Å². The lowest BCUT2D eigenvalue weighted by molar-refractivity contribution is 1.18. The van der Waals surface area contributed by atoms with Crippen molar-refractivity contribution in [3.63, 3.8) is 0 Å². The Morgan fingerprint density at radius 2 is 0.494 bits per heavy atom. The maximum atomic E-state index is 2.51. The molecule has 1 heterocycles. The maximum absolute atomic E-state index is 2.51. The molecule has 3 nitrogen and oxygen atoms in total. The number of anilines is 6. The summed E-state index contributed by atoms with van der Waals surface area (Å²) in [7, 11) is 0. The van der Waals surface area contributed by atoms with Gasteiger partial charge >= 0.3 is 0 Å². The number of nitrogens with zero attached hydrogens (tertiary/aromatic N) is 3. The van der Waals surface area contributed by atoms with Crippen LogP contribution >= 0.6 is 0 Å². The molecule has 0 unspecified atom stereocenters. The van der Waals surface area contributed by atoms with Crippen molar-refractivity contribution in [1.82, 2.24) is 4.57 Å². The molecule has 1 aromatic heterocycles. The van der Waals surface area contributed by atoms with Crippen molar-refractivity contribution < 1.29 is 0 Å². The quantitative estimate of drug-likeness (QED) is 0.128. The van der Waals surface area contributed by atoms with E-state index in [1.165, 1.54) is 65.7 Å². The summed E-state index contributed by atoms with van der Waals surface area (Å²) in [6, 6.07) is 113. The first-order chi connectivity index (χ1) is 38.2. The van der Waals surface area contributed by atoms with Gasteiger partial charge in [-0.05, 0) is 169 Å².